The van der Waals surface area contributed by atoms with E-state index in [0.717, 1.165) is 5.56 Å². The fraction of sp³-hybridized carbons (Fsp3) is 0.545. The first-order chi connectivity index (χ1) is 6.42. The lowest BCUT2D eigenvalue weighted by atomic mass is 9.87. The van der Waals surface area contributed by atoms with E-state index in [-0.39, 0.29) is 0 Å². The molecule has 0 unspecified atom stereocenters. The first-order valence-corrected chi connectivity index (χ1v) is 5.77. The summed E-state index contributed by atoms with van der Waals surface area (Å²) in [7, 11) is 0. The summed E-state index contributed by atoms with van der Waals surface area (Å²) < 4.78 is 0. The van der Waals surface area contributed by atoms with E-state index in [2.05, 4.69) is 6.07 Å². The number of nitrogens with zero attached hydrogens (tertiary/aromatic N) is 1. The van der Waals surface area contributed by atoms with Crippen molar-refractivity contribution in [3.8, 4) is 6.07 Å². The molecule has 1 saturated carbocycles. The Morgan fingerprint density at radius 1 is 1.31 bits per heavy atom. The number of nitriles is 1. The van der Waals surface area contributed by atoms with Crippen molar-refractivity contribution in [1.82, 2.24) is 0 Å². The van der Waals surface area contributed by atoms with Crippen molar-refractivity contribution in [2.75, 3.05) is 0 Å². The molecule has 2 heteroatoms. The fourth-order valence-electron chi connectivity index (χ4n) is 2.09. The van der Waals surface area contributed by atoms with Crippen LogP contribution in [0.4, 0.5) is 0 Å². The maximum absolute atomic E-state index is 8.89. The van der Waals surface area contributed by atoms with Gasteiger partial charge < -0.3 is 0 Å². The van der Waals surface area contributed by atoms with E-state index in [0.29, 0.717) is 5.92 Å². The molecule has 1 nitrogen and oxygen atoms in total. The Kier molecular flexibility index (Phi) is 2.65. The zero-order chi connectivity index (χ0) is 9.10. The highest BCUT2D eigenvalue weighted by molar-refractivity contribution is 7.10. The van der Waals surface area contributed by atoms with E-state index in [1.54, 1.807) is 11.3 Å². The van der Waals surface area contributed by atoms with Crippen LogP contribution in [-0.4, -0.2) is 0 Å². The Hall–Kier alpha value is -0.810. The quantitative estimate of drug-likeness (QED) is 0.664. The third kappa shape index (κ3) is 1.76. The summed E-state index contributed by atoms with van der Waals surface area (Å²) in [5.74, 6) is 0.684. The number of rotatable bonds is 1. The molecule has 0 aliphatic heterocycles. The van der Waals surface area contributed by atoms with Crippen LogP contribution in [0.2, 0.25) is 0 Å². The largest absolute Gasteiger partial charge is 0.192 e. The van der Waals surface area contributed by atoms with Gasteiger partial charge in [-0.3, -0.25) is 0 Å². The van der Waals surface area contributed by atoms with Crippen LogP contribution < -0.4 is 0 Å². The maximum Gasteiger partial charge on any atom is 0.100 e. The molecule has 1 aromatic rings. The van der Waals surface area contributed by atoms with E-state index in [1.165, 1.54) is 37.0 Å². The average Bonchev–Trinajstić information content (AvgIpc) is 2.67. The topological polar surface area (TPSA) is 23.8 Å². The molecule has 68 valence electrons. The van der Waals surface area contributed by atoms with Crippen molar-refractivity contribution >= 4 is 11.3 Å². The molecular formula is C11H13NS. The maximum atomic E-state index is 8.89. The Bertz CT molecular complexity index is 315. The second kappa shape index (κ2) is 3.93. The second-order valence-electron chi connectivity index (χ2n) is 3.65. The molecule has 0 N–H and O–H groups in total. The van der Waals surface area contributed by atoms with Crippen LogP contribution >= 0.6 is 11.3 Å². The van der Waals surface area contributed by atoms with Crippen LogP contribution in [-0.2, 0) is 0 Å². The molecule has 1 fully saturated rings. The minimum atomic E-state index is 0.684. The van der Waals surface area contributed by atoms with E-state index in [9.17, 15) is 0 Å². The van der Waals surface area contributed by atoms with Gasteiger partial charge in [0.1, 0.15) is 6.07 Å². The van der Waals surface area contributed by atoms with Crippen molar-refractivity contribution in [3.63, 3.8) is 0 Å². The summed E-state index contributed by atoms with van der Waals surface area (Å²) in [4.78, 5) is 1.34. The summed E-state index contributed by atoms with van der Waals surface area (Å²) in [6, 6.07) is 4.24. The minimum Gasteiger partial charge on any atom is -0.192 e. The van der Waals surface area contributed by atoms with Crippen LogP contribution in [0.15, 0.2) is 11.4 Å². The summed E-state index contributed by atoms with van der Waals surface area (Å²) in [6.07, 6.45) is 6.63. The minimum absolute atomic E-state index is 0.684. The SMILES string of the molecule is N#Cc1ccsc1C1CCCCC1. The van der Waals surface area contributed by atoms with Gasteiger partial charge in [0.25, 0.3) is 0 Å². The highest BCUT2D eigenvalue weighted by Crippen LogP contribution is 2.36. The Labute approximate surface area is 83.0 Å². The molecule has 0 amide bonds. The van der Waals surface area contributed by atoms with E-state index >= 15 is 0 Å². The van der Waals surface area contributed by atoms with Gasteiger partial charge in [0, 0.05) is 4.88 Å². The van der Waals surface area contributed by atoms with Crippen molar-refractivity contribution in [2.45, 2.75) is 38.0 Å². The molecule has 2 rings (SSSR count). The van der Waals surface area contributed by atoms with Gasteiger partial charge in [-0.2, -0.15) is 5.26 Å². The van der Waals surface area contributed by atoms with E-state index in [4.69, 9.17) is 5.26 Å². The lowest BCUT2D eigenvalue weighted by molar-refractivity contribution is 0.448. The molecule has 0 saturated heterocycles. The summed E-state index contributed by atoms with van der Waals surface area (Å²) in [5, 5.41) is 10.9. The van der Waals surface area contributed by atoms with Crippen LogP contribution in [0, 0.1) is 11.3 Å². The number of thiophene rings is 1. The molecule has 1 aliphatic carbocycles. The molecule has 0 atom stereocenters. The van der Waals surface area contributed by atoms with Gasteiger partial charge in [-0.1, -0.05) is 19.3 Å². The van der Waals surface area contributed by atoms with Gasteiger partial charge in [0.2, 0.25) is 0 Å². The van der Waals surface area contributed by atoms with Crippen molar-refractivity contribution < 1.29 is 0 Å². The predicted octanol–water partition coefficient (Wildman–Crippen LogP) is 3.67. The van der Waals surface area contributed by atoms with Crippen molar-refractivity contribution in [2.24, 2.45) is 0 Å². The van der Waals surface area contributed by atoms with Gasteiger partial charge in [-0.05, 0) is 30.2 Å². The van der Waals surface area contributed by atoms with Crippen LogP contribution in [0.1, 0.15) is 48.5 Å². The van der Waals surface area contributed by atoms with Gasteiger partial charge in [0.15, 0.2) is 0 Å². The Morgan fingerprint density at radius 2 is 2.08 bits per heavy atom. The first kappa shape index (κ1) is 8.77. The first-order valence-electron chi connectivity index (χ1n) is 4.89. The Morgan fingerprint density at radius 3 is 2.77 bits per heavy atom. The van der Waals surface area contributed by atoms with E-state index in [1.807, 2.05) is 11.4 Å². The molecule has 1 heterocycles. The normalized spacial score (nSPS) is 18.4. The third-order valence-electron chi connectivity index (χ3n) is 2.79. The smallest absolute Gasteiger partial charge is 0.100 e. The lowest BCUT2D eigenvalue weighted by Gasteiger charge is -2.20. The summed E-state index contributed by atoms with van der Waals surface area (Å²) >= 11 is 1.76. The fourth-order valence-corrected chi connectivity index (χ4v) is 3.11. The summed E-state index contributed by atoms with van der Waals surface area (Å²) in [6.45, 7) is 0. The van der Waals surface area contributed by atoms with Gasteiger partial charge in [0.05, 0.1) is 5.56 Å². The molecule has 13 heavy (non-hydrogen) atoms. The van der Waals surface area contributed by atoms with E-state index < -0.39 is 0 Å². The second-order valence-corrected chi connectivity index (χ2v) is 4.59. The molecule has 1 aliphatic rings. The van der Waals surface area contributed by atoms with Crippen molar-refractivity contribution in [1.29, 1.82) is 5.26 Å². The van der Waals surface area contributed by atoms with Crippen LogP contribution in [0.25, 0.3) is 0 Å². The highest BCUT2D eigenvalue weighted by atomic mass is 32.1. The van der Waals surface area contributed by atoms with Gasteiger partial charge in [-0.25, -0.2) is 0 Å². The number of hydrogen-bond acceptors (Lipinski definition) is 2. The van der Waals surface area contributed by atoms with Gasteiger partial charge in [-0.15, -0.1) is 11.3 Å². The molecular weight excluding hydrogens is 178 g/mol. The van der Waals surface area contributed by atoms with Crippen LogP contribution in [0.3, 0.4) is 0 Å². The molecule has 0 aromatic carbocycles. The average molecular weight is 191 g/mol. The molecule has 0 spiro atoms. The predicted molar refractivity (Wildman–Crippen MR) is 54.9 cm³/mol. The van der Waals surface area contributed by atoms with Crippen LogP contribution in [0.5, 0.6) is 0 Å². The molecule has 0 bridgehead atoms. The molecule has 1 aromatic heterocycles. The lowest BCUT2D eigenvalue weighted by Crippen LogP contribution is -2.03. The highest BCUT2D eigenvalue weighted by Gasteiger charge is 2.19. The third-order valence-corrected chi connectivity index (χ3v) is 3.87. The summed E-state index contributed by atoms with van der Waals surface area (Å²) in [5.41, 5.74) is 0.914. The molecule has 0 radical (unpaired) electrons. The Balaban J connectivity index is 2.19. The monoisotopic (exact) mass is 191 g/mol. The van der Waals surface area contributed by atoms with Crippen molar-refractivity contribution in [3.05, 3.63) is 21.9 Å². The van der Waals surface area contributed by atoms with Gasteiger partial charge >= 0.3 is 0 Å². The standard InChI is InChI=1S/C11H13NS/c12-8-10-6-7-13-11(10)9-4-2-1-3-5-9/h6-7,9H,1-5H2. The number of hydrogen-bond donors (Lipinski definition) is 0. The zero-order valence-electron chi connectivity index (χ0n) is 7.62. The zero-order valence-corrected chi connectivity index (χ0v) is 8.44.